The van der Waals surface area contributed by atoms with Gasteiger partial charge in [-0.15, -0.1) is 0 Å². The van der Waals surface area contributed by atoms with Crippen LogP contribution in [-0.4, -0.2) is 24.2 Å². The molecule has 0 radical (unpaired) electrons. The fourth-order valence-electron chi connectivity index (χ4n) is 2.86. The zero-order chi connectivity index (χ0) is 20.6. The third-order valence-corrected chi connectivity index (χ3v) is 4.99. The van der Waals surface area contributed by atoms with E-state index in [1.165, 1.54) is 0 Å². The van der Waals surface area contributed by atoms with Crippen LogP contribution in [0.2, 0.25) is 10.0 Å². The normalized spacial score (nSPS) is 10.6. The molecule has 0 N–H and O–H groups in total. The molecule has 0 aliphatic rings. The number of benzene rings is 2. The molecule has 2 aromatic carbocycles. The van der Waals surface area contributed by atoms with Gasteiger partial charge in [0.1, 0.15) is 5.75 Å². The highest BCUT2D eigenvalue weighted by Crippen LogP contribution is 2.34. The smallest absolute Gasteiger partial charge is 0.305 e. The third kappa shape index (κ3) is 5.96. The van der Waals surface area contributed by atoms with Gasteiger partial charge < -0.3 is 9.47 Å². The summed E-state index contributed by atoms with van der Waals surface area (Å²) in [5.41, 5.74) is 3.83. The number of nitrogens with zero attached hydrogens (tertiary/aromatic N) is 1. The molecule has 29 heavy (non-hydrogen) atoms. The van der Waals surface area contributed by atoms with Gasteiger partial charge in [-0.2, -0.15) is 0 Å². The molecule has 1 aromatic heterocycles. The second-order valence-electron chi connectivity index (χ2n) is 6.37. The van der Waals surface area contributed by atoms with Gasteiger partial charge in [-0.25, -0.2) is 0 Å². The molecule has 0 bridgehead atoms. The highest BCUT2D eigenvalue weighted by atomic mass is 35.5. The monoisotopic (exact) mass is 429 g/mol. The Hall–Kier alpha value is -2.56. The first kappa shape index (κ1) is 21.2. The molecule has 0 aliphatic carbocycles. The fraction of sp³-hybridized carbons (Fsp3) is 0.217. The van der Waals surface area contributed by atoms with E-state index in [1.807, 2.05) is 36.4 Å². The fourth-order valence-corrected chi connectivity index (χ4v) is 3.16. The van der Waals surface area contributed by atoms with Crippen molar-refractivity contribution in [2.24, 2.45) is 0 Å². The van der Waals surface area contributed by atoms with Gasteiger partial charge in [0.15, 0.2) is 0 Å². The van der Waals surface area contributed by atoms with E-state index < -0.39 is 0 Å². The van der Waals surface area contributed by atoms with Crippen LogP contribution in [0.1, 0.15) is 19.8 Å². The maximum atomic E-state index is 11.5. The summed E-state index contributed by atoms with van der Waals surface area (Å²) >= 11 is 12.3. The molecule has 0 amide bonds. The lowest BCUT2D eigenvalue weighted by Crippen LogP contribution is -2.06. The Morgan fingerprint density at radius 1 is 0.966 bits per heavy atom. The number of pyridine rings is 1. The second kappa shape index (κ2) is 10.3. The predicted molar refractivity (Wildman–Crippen MR) is 116 cm³/mol. The van der Waals surface area contributed by atoms with Crippen molar-refractivity contribution in [3.63, 3.8) is 0 Å². The third-order valence-electron chi connectivity index (χ3n) is 4.25. The van der Waals surface area contributed by atoms with Gasteiger partial charge in [-0.05, 0) is 66.4 Å². The van der Waals surface area contributed by atoms with Crippen molar-refractivity contribution >= 4 is 29.2 Å². The Labute approximate surface area is 180 Å². The van der Waals surface area contributed by atoms with Gasteiger partial charge in [0.05, 0.1) is 23.3 Å². The first-order chi connectivity index (χ1) is 14.1. The van der Waals surface area contributed by atoms with Crippen molar-refractivity contribution in [2.75, 3.05) is 13.2 Å². The molecule has 0 saturated carbocycles. The molecule has 1 heterocycles. The van der Waals surface area contributed by atoms with Gasteiger partial charge in [0.2, 0.25) is 0 Å². The van der Waals surface area contributed by atoms with Crippen molar-refractivity contribution in [1.29, 1.82) is 0 Å². The van der Waals surface area contributed by atoms with Crippen LogP contribution < -0.4 is 4.74 Å². The van der Waals surface area contributed by atoms with Crippen LogP contribution >= 0.6 is 23.2 Å². The standard InChI is InChI=1S/C23H21Cl2NO3/c1-2-28-23(27)6-4-10-29-20-12-18(16-7-8-21(24)22(25)14-16)11-19(13-20)17-5-3-9-26-15-17/h3,5,7-9,11-15H,2,4,6,10H2,1H3. The first-order valence-electron chi connectivity index (χ1n) is 9.36. The Balaban J connectivity index is 1.85. The molecule has 0 fully saturated rings. The van der Waals surface area contributed by atoms with Crippen molar-refractivity contribution in [2.45, 2.75) is 19.8 Å². The van der Waals surface area contributed by atoms with E-state index in [4.69, 9.17) is 32.7 Å². The number of carbonyl (C=O) groups excluding carboxylic acids is 1. The minimum atomic E-state index is -0.211. The topological polar surface area (TPSA) is 48.4 Å². The highest BCUT2D eigenvalue weighted by molar-refractivity contribution is 6.42. The molecular formula is C23H21Cl2NO3. The largest absolute Gasteiger partial charge is 0.494 e. The molecule has 0 spiro atoms. The number of aromatic nitrogens is 1. The molecule has 150 valence electrons. The van der Waals surface area contributed by atoms with Crippen molar-refractivity contribution in [3.05, 3.63) is 71.0 Å². The van der Waals surface area contributed by atoms with E-state index in [2.05, 4.69) is 11.1 Å². The number of hydrogen-bond donors (Lipinski definition) is 0. The van der Waals surface area contributed by atoms with E-state index in [1.54, 1.807) is 25.4 Å². The Morgan fingerprint density at radius 3 is 2.45 bits per heavy atom. The molecule has 4 nitrogen and oxygen atoms in total. The van der Waals surface area contributed by atoms with Crippen LogP contribution in [0.5, 0.6) is 5.75 Å². The maximum absolute atomic E-state index is 11.5. The summed E-state index contributed by atoms with van der Waals surface area (Å²) in [4.78, 5) is 15.7. The van der Waals surface area contributed by atoms with E-state index in [0.717, 1.165) is 22.3 Å². The van der Waals surface area contributed by atoms with Crippen LogP contribution in [-0.2, 0) is 9.53 Å². The second-order valence-corrected chi connectivity index (χ2v) is 7.19. The molecule has 3 aromatic rings. The lowest BCUT2D eigenvalue weighted by Gasteiger charge is -2.12. The van der Waals surface area contributed by atoms with E-state index >= 15 is 0 Å². The number of esters is 1. The quantitative estimate of drug-likeness (QED) is 0.305. The van der Waals surface area contributed by atoms with Crippen LogP contribution in [0.15, 0.2) is 60.9 Å². The van der Waals surface area contributed by atoms with Crippen LogP contribution in [0, 0.1) is 0 Å². The molecule has 0 unspecified atom stereocenters. The SMILES string of the molecule is CCOC(=O)CCCOc1cc(-c2cccnc2)cc(-c2ccc(Cl)c(Cl)c2)c1. The lowest BCUT2D eigenvalue weighted by atomic mass is 9.99. The summed E-state index contributed by atoms with van der Waals surface area (Å²) in [6.45, 7) is 2.60. The summed E-state index contributed by atoms with van der Waals surface area (Å²) < 4.78 is 10.9. The Morgan fingerprint density at radius 2 is 1.76 bits per heavy atom. The molecule has 0 aliphatic heterocycles. The number of rotatable bonds is 8. The van der Waals surface area contributed by atoms with Crippen LogP contribution in [0.4, 0.5) is 0 Å². The van der Waals surface area contributed by atoms with E-state index in [9.17, 15) is 4.79 Å². The van der Waals surface area contributed by atoms with Gasteiger partial charge in [-0.3, -0.25) is 9.78 Å². The predicted octanol–water partition coefficient (Wildman–Crippen LogP) is 6.44. The summed E-state index contributed by atoms with van der Waals surface area (Å²) in [6, 6.07) is 15.4. The number of hydrogen-bond acceptors (Lipinski definition) is 4. The van der Waals surface area contributed by atoms with Gasteiger partial charge >= 0.3 is 5.97 Å². The minimum absolute atomic E-state index is 0.211. The summed E-state index contributed by atoms with van der Waals surface area (Å²) in [6.07, 6.45) is 4.45. The maximum Gasteiger partial charge on any atom is 0.305 e. The Kier molecular flexibility index (Phi) is 7.50. The lowest BCUT2D eigenvalue weighted by molar-refractivity contribution is -0.143. The van der Waals surface area contributed by atoms with E-state index in [0.29, 0.717) is 41.9 Å². The highest BCUT2D eigenvalue weighted by Gasteiger charge is 2.09. The molecular weight excluding hydrogens is 409 g/mol. The van der Waals surface area contributed by atoms with Crippen LogP contribution in [0.25, 0.3) is 22.3 Å². The summed E-state index contributed by atoms with van der Waals surface area (Å²) in [7, 11) is 0. The number of ether oxygens (including phenoxy) is 2. The first-order valence-corrected chi connectivity index (χ1v) is 10.1. The van der Waals surface area contributed by atoms with Crippen LogP contribution in [0.3, 0.4) is 0 Å². The van der Waals surface area contributed by atoms with Crippen molar-refractivity contribution < 1.29 is 14.3 Å². The summed E-state index contributed by atoms with van der Waals surface area (Å²) in [5, 5.41) is 1.00. The van der Waals surface area contributed by atoms with Gasteiger partial charge in [-0.1, -0.05) is 35.3 Å². The zero-order valence-corrected chi connectivity index (χ0v) is 17.5. The number of halogens is 2. The minimum Gasteiger partial charge on any atom is -0.494 e. The Bertz CT molecular complexity index is 977. The zero-order valence-electron chi connectivity index (χ0n) is 16.0. The number of carbonyl (C=O) groups is 1. The molecule has 6 heteroatoms. The van der Waals surface area contributed by atoms with E-state index in [-0.39, 0.29) is 5.97 Å². The van der Waals surface area contributed by atoms with Crippen molar-refractivity contribution in [1.82, 2.24) is 4.98 Å². The molecule has 0 atom stereocenters. The summed E-state index contributed by atoms with van der Waals surface area (Å²) in [5.74, 6) is 0.494. The van der Waals surface area contributed by atoms with Gasteiger partial charge in [0.25, 0.3) is 0 Å². The molecule has 3 rings (SSSR count). The van der Waals surface area contributed by atoms with Crippen molar-refractivity contribution in [3.8, 4) is 28.0 Å². The average Bonchev–Trinajstić information content (AvgIpc) is 2.74. The average molecular weight is 430 g/mol. The van der Waals surface area contributed by atoms with Gasteiger partial charge in [0, 0.05) is 24.4 Å². The molecule has 0 saturated heterocycles.